The van der Waals surface area contributed by atoms with Gasteiger partial charge in [0, 0.05) is 21.6 Å². The maximum Gasteiger partial charge on any atom is 0.408 e. The molecule has 1 unspecified atom stereocenters. The minimum atomic E-state index is -1.27. The number of halogens is 1. The van der Waals surface area contributed by atoms with Crippen LogP contribution in [0.4, 0.5) is 4.79 Å². The highest BCUT2D eigenvalue weighted by Gasteiger charge is 2.25. The summed E-state index contributed by atoms with van der Waals surface area (Å²) in [6.07, 6.45) is 0.763. The van der Waals surface area contributed by atoms with E-state index in [0.29, 0.717) is 11.1 Å². The lowest BCUT2D eigenvalue weighted by Gasteiger charge is -2.17. The summed E-state index contributed by atoms with van der Waals surface area (Å²) in [6.45, 7) is 0.0539. The van der Waals surface area contributed by atoms with E-state index in [0.717, 1.165) is 15.4 Å². The fourth-order valence-electron chi connectivity index (χ4n) is 2.55. The first-order valence-electron chi connectivity index (χ1n) is 7.79. The number of amides is 1. The number of hydrogen-bond donors (Lipinski definition) is 2. The molecule has 0 spiro atoms. The van der Waals surface area contributed by atoms with Crippen LogP contribution in [-0.4, -0.2) is 22.2 Å². The molecule has 0 fully saturated rings. The van der Waals surface area contributed by atoms with E-state index in [4.69, 9.17) is 4.74 Å². The van der Waals surface area contributed by atoms with Crippen molar-refractivity contribution in [3.05, 3.63) is 76.4 Å². The molecule has 2 aromatic carbocycles. The van der Waals surface area contributed by atoms with Crippen molar-refractivity contribution >= 4 is 38.9 Å². The number of nitrogens with one attached hydrogen (secondary N) is 1. The van der Waals surface area contributed by atoms with E-state index in [9.17, 15) is 14.7 Å². The first kappa shape index (κ1) is 17.9. The van der Waals surface area contributed by atoms with Gasteiger partial charge in [-0.15, -0.1) is 0 Å². The molecule has 0 aliphatic heterocycles. The van der Waals surface area contributed by atoms with Crippen LogP contribution in [0.2, 0.25) is 0 Å². The van der Waals surface area contributed by atoms with Gasteiger partial charge in [0.1, 0.15) is 6.61 Å². The number of alkyl carbamates (subject to hydrolysis) is 1. The van der Waals surface area contributed by atoms with Crippen molar-refractivity contribution in [3.8, 4) is 0 Å². The molecule has 132 valence electrons. The van der Waals surface area contributed by atoms with Gasteiger partial charge in [-0.3, -0.25) is 4.98 Å². The number of carbonyl (C=O) groups is 2. The van der Waals surface area contributed by atoms with Crippen molar-refractivity contribution < 1.29 is 19.4 Å². The van der Waals surface area contributed by atoms with E-state index < -0.39 is 18.1 Å². The summed E-state index contributed by atoms with van der Waals surface area (Å²) in [5.74, 6) is -1.20. The van der Waals surface area contributed by atoms with Crippen molar-refractivity contribution in [3.63, 3.8) is 0 Å². The molecule has 3 rings (SSSR count). The summed E-state index contributed by atoms with van der Waals surface area (Å²) < 4.78 is 5.91. The Morgan fingerprint density at radius 2 is 1.88 bits per heavy atom. The number of rotatable bonds is 5. The molecule has 0 saturated carbocycles. The van der Waals surface area contributed by atoms with Crippen LogP contribution in [0.25, 0.3) is 10.9 Å². The molecular weight excluding hydrogens is 400 g/mol. The highest BCUT2D eigenvalue weighted by Crippen LogP contribution is 2.29. The van der Waals surface area contributed by atoms with Gasteiger partial charge in [0.05, 0.1) is 5.52 Å². The van der Waals surface area contributed by atoms with Crippen LogP contribution in [0, 0.1) is 0 Å². The fraction of sp³-hybridized carbons (Fsp3) is 0.105. The third kappa shape index (κ3) is 4.00. The molecule has 1 amide bonds. The van der Waals surface area contributed by atoms with Crippen LogP contribution in [0.3, 0.4) is 0 Å². The van der Waals surface area contributed by atoms with Crippen LogP contribution in [0.1, 0.15) is 17.2 Å². The van der Waals surface area contributed by atoms with Crippen molar-refractivity contribution in [2.45, 2.75) is 12.6 Å². The Morgan fingerprint density at radius 1 is 1.12 bits per heavy atom. The van der Waals surface area contributed by atoms with Crippen molar-refractivity contribution in [2.24, 2.45) is 0 Å². The van der Waals surface area contributed by atoms with E-state index in [-0.39, 0.29) is 6.61 Å². The van der Waals surface area contributed by atoms with Gasteiger partial charge in [-0.05, 0) is 17.7 Å². The van der Waals surface area contributed by atoms with Gasteiger partial charge in [0.25, 0.3) is 0 Å². The third-order valence-corrected chi connectivity index (χ3v) is 4.47. The molecule has 6 nitrogen and oxygen atoms in total. The largest absolute Gasteiger partial charge is 0.479 e. The number of carboxylic acid groups (broad SMARTS) is 1. The lowest BCUT2D eigenvalue weighted by molar-refractivity contribution is -0.139. The van der Waals surface area contributed by atoms with E-state index >= 15 is 0 Å². The first-order chi connectivity index (χ1) is 12.6. The average Bonchev–Trinajstić information content (AvgIpc) is 2.66. The topological polar surface area (TPSA) is 88.5 Å². The molecule has 26 heavy (non-hydrogen) atoms. The average molecular weight is 415 g/mol. The summed E-state index contributed by atoms with van der Waals surface area (Å²) in [7, 11) is 0. The Labute approximate surface area is 157 Å². The van der Waals surface area contributed by atoms with Crippen LogP contribution in [-0.2, 0) is 16.1 Å². The maximum absolute atomic E-state index is 12.1. The highest BCUT2D eigenvalue weighted by atomic mass is 79.9. The monoisotopic (exact) mass is 414 g/mol. The molecule has 0 radical (unpaired) electrons. The summed E-state index contributed by atoms with van der Waals surface area (Å²) in [5.41, 5.74) is 1.69. The molecule has 0 bridgehead atoms. The number of aromatic nitrogens is 1. The summed E-state index contributed by atoms with van der Waals surface area (Å²) >= 11 is 3.42. The molecule has 1 atom stereocenters. The Kier molecular flexibility index (Phi) is 5.48. The van der Waals surface area contributed by atoms with Crippen LogP contribution < -0.4 is 5.32 Å². The summed E-state index contributed by atoms with van der Waals surface area (Å²) in [4.78, 5) is 28.1. The molecule has 0 saturated heterocycles. The molecule has 1 heterocycles. The van der Waals surface area contributed by atoms with Crippen LogP contribution in [0.15, 0.2) is 65.3 Å². The second kappa shape index (κ2) is 7.97. The summed E-state index contributed by atoms with van der Waals surface area (Å²) in [6, 6.07) is 14.8. The van der Waals surface area contributed by atoms with Gasteiger partial charge in [0.15, 0.2) is 6.04 Å². The Hall–Kier alpha value is -2.93. The molecule has 7 heteroatoms. The second-order valence-corrected chi connectivity index (χ2v) is 6.37. The number of pyridine rings is 1. The minimum Gasteiger partial charge on any atom is -0.479 e. The van der Waals surface area contributed by atoms with Crippen molar-refractivity contribution in [2.75, 3.05) is 0 Å². The molecule has 2 N–H and O–H groups in total. The minimum absolute atomic E-state index is 0.0539. The number of fused-ring (bicyclic) bond motifs is 1. The fourth-order valence-corrected chi connectivity index (χ4v) is 3.00. The smallest absolute Gasteiger partial charge is 0.408 e. The standard InChI is InChI=1S/C19H15BrN2O4/c20-15-9-8-14(16-13(15)7-4-10-21-16)17(18(23)24)22-19(25)26-11-12-5-2-1-3-6-12/h1-10,17H,11H2,(H,22,25)(H,23,24). The van der Waals surface area contributed by atoms with Crippen molar-refractivity contribution in [1.82, 2.24) is 10.3 Å². The zero-order chi connectivity index (χ0) is 18.5. The van der Waals surface area contributed by atoms with E-state index in [1.54, 1.807) is 24.4 Å². The van der Waals surface area contributed by atoms with Gasteiger partial charge >= 0.3 is 12.1 Å². The zero-order valence-electron chi connectivity index (χ0n) is 13.6. The number of benzene rings is 2. The normalized spacial score (nSPS) is 11.7. The van der Waals surface area contributed by atoms with Gasteiger partial charge in [-0.1, -0.05) is 58.4 Å². The molecular formula is C19H15BrN2O4. The predicted molar refractivity (Wildman–Crippen MR) is 99.6 cm³/mol. The lowest BCUT2D eigenvalue weighted by atomic mass is 10.0. The highest BCUT2D eigenvalue weighted by molar-refractivity contribution is 9.10. The first-order valence-corrected chi connectivity index (χ1v) is 8.58. The van der Waals surface area contributed by atoms with Crippen LogP contribution in [0.5, 0.6) is 0 Å². The second-order valence-electron chi connectivity index (χ2n) is 5.51. The Morgan fingerprint density at radius 3 is 2.62 bits per heavy atom. The zero-order valence-corrected chi connectivity index (χ0v) is 15.1. The molecule has 0 aliphatic rings. The molecule has 1 aromatic heterocycles. The van der Waals surface area contributed by atoms with E-state index in [1.807, 2.05) is 36.4 Å². The van der Waals surface area contributed by atoms with Gasteiger partial charge in [-0.2, -0.15) is 0 Å². The molecule has 0 aliphatic carbocycles. The quantitative estimate of drug-likeness (QED) is 0.657. The molecule has 3 aromatic rings. The number of ether oxygens (including phenoxy) is 1. The van der Waals surface area contributed by atoms with Gasteiger partial charge in [0.2, 0.25) is 0 Å². The SMILES string of the molecule is O=C(NC(C(=O)O)c1ccc(Br)c2cccnc12)OCc1ccccc1. The number of nitrogens with zero attached hydrogens (tertiary/aromatic N) is 1. The lowest BCUT2D eigenvalue weighted by Crippen LogP contribution is -2.34. The third-order valence-electron chi connectivity index (χ3n) is 3.78. The Bertz CT molecular complexity index is 947. The number of carbonyl (C=O) groups excluding carboxylic acids is 1. The van der Waals surface area contributed by atoms with E-state index in [1.165, 1.54) is 0 Å². The number of carboxylic acids is 1. The van der Waals surface area contributed by atoms with Gasteiger partial charge in [-0.25, -0.2) is 9.59 Å². The predicted octanol–water partition coefficient (Wildman–Crippen LogP) is 4.05. The van der Waals surface area contributed by atoms with Crippen LogP contribution >= 0.6 is 15.9 Å². The summed E-state index contributed by atoms with van der Waals surface area (Å²) in [5, 5.41) is 12.7. The Balaban J connectivity index is 1.81. The van der Waals surface area contributed by atoms with Crippen molar-refractivity contribution in [1.29, 1.82) is 0 Å². The van der Waals surface area contributed by atoms with Gasteiger partial charge < -0.3 is 15.2 Å². The van der Waals surface area contributed by atoms with E-state index in [2.05, 4.69) is 26.2 Å². The number of hydrogen-bond acceptors (Lipinski definition) is 4. The number of aliphatic carboxylic acids is 1. The maximum atomic E-state index is 12.1.